The van der Waals surface area contributed by atoms with Crippen molar-refractivity contribution >= 4 is 10.8 Å². The number of hydrogen-bond acceptors (Lipinski definition) is 1. The number of rotatable bonds is 1. The Morgan fingerprint density at radius 2 is 1.43 bits per heavy atom. The molecule has 0 radical (unpaired) electrons. The first-order chi connectivity index (χ1) is 11.4. The minimum atomic E-state index is 0.985. The predicted molar refractivity (Wildman–Crippen MR) is 95.4 cm³/mol. The first-order valence-corrected chi connectivity index (χ1v) is 7.96. The third-order valence-electron chi connectivity index (χ3n) is 4.80. The van der Waals surface area contributed by atoms with Gasteiger partial charge in [-0.05, 0) is 51.6 Å². The van der Waals surface area contributed by atoms with E-state index in [2.05, 4.69) is 71.7 Å². The van der Waals surface area contributed by atoms with Gasteiger partial charge in [0.2, 0.25) is 0 Å². The van der Waals surface area contributed by atoms with E-state index in [1.54, 1.807) is 0 Å². The van der Waals surface area contributed by atoms with Crippen molar-refractivity contribution < 1.29 is 0 Å². The largest absolute Gasteiger partial charge is 0.256 e. The van der Waals surface area contributed by atoms with Gasteiger partial charge in [0, 0.05) is 11.8 Å². The fourth-order valence-electron chi connectivity index (χ4n) is 3.75. The van der Waals surface area contributed by atoms with Crippen molar-refractivity contribution in [3.63, 3.8) is 0 Å². The monoisotopic (exact) mass is 293 g/mol. The number of fused-ring (bicyclic) bond motifs is 5. The van der Waals surface area contributed by atoms with Gasteiger partial charge in [-0.3, -0.25) is 4.98 Å². The van der Waals surface area contributed by atoms with Crippen LogP contribution in [0.3, 0.4) is 0 Å². The van der Waals surface area contributed by atoms with Gasteiger partial charge >= 0.3 is 0 Å². The van der Waals surface area contributed by atoms with E-state index in [9.17, 15) is 0 Å². The average Bonchev–Trinajstić information content (AvgIpc) is 3.01. The van der Waals surface area contributed by atoms with Crippen LogP contribution in [0.15, 0.2) is 79.0 Å². The summed E-state index contributed by atoms with van der Waals surface area (Å²) < 4.78 is 0. The molecule has 0 aliphatic heterocycles. The zero-order valence-corrected chi connectivity index (χ0v) is 12.7. The van der Waals surface area contributed by atoms with Crippen molar-refractivity contribution in [2.45, 2.75) is 6.42 Å². The molecule has 1 aliphatic carbocycles. The van der Waals surface area contributed by atoms with E-state index in [1.165, 1.54) is 38.6 Å². The summed E-state index contributed by atoms with van der Waals surface area (Å²) in [6, 6.07) is 25.9. The second kappa shape index (κ2) is 4.79. The van der Waals surface area contributed by atoms with Crippen LogP contribution in [0.4, 0.5) is 0 Å². The summed E-state index contributed by atoms with van der Waals surface area (Å²) in [6.45, 7) is 0. The second-order valence-corrected chi connectivity index (χ2v) is 6.04. The van der Waals surface area contributed by atoms with E-state index in [1.807, 2.05) is 12.3 Å². The summed E-state index contributed by atoms with van der Waals surface area (Å²) in [5, 5.41) is 2.69. The molecule has 23 heavy (non-hydrogen) atoms. The fraction of sp³-hybridized carbons (Fsp3) is 0.0455. The molecule has 0 N–H and O–H groups in total. The summed E-state index contributed by atoms with van der Waals surface area (Å²) in [6.07, 6.45) is 2.85. The number of aromatic nitrogens is 1. The molecule has 0 unspecified atom stereocenters. The smallest absolute Gasteiger partial charge is 0.0705 e. The zero-order valence-electron chi connectivity index (χ0n) is 12.7. The van der Waals surface area contributed by atoms with E-state index >= 15 is 0 Å². The molecule has 0 atom stereocenters. The van der Waals surface area contributed by atoms with Gasteiger partial charge in [-0.15, -0.1) is 0 Å². The number of hydrogen-bond donors (Lipinski definition) is 0. The van der Waals surface area contributed by atoms with Crippen molar-refractivity contribution in [2.75, 3.05) is 0 Å². The second-order valence-electron chi connectivity index (χ2n) is 6.04. The van der Waals surface area contributed by atoms with Crippen molar-refractivity contribution in [3.8, 4) is 22.4 Å². The molecule has 1 heteroatoms. The molecule has 3 aromatic carbocycles. The van der Waals surface area contributed by atoms with Crippen LogP contribution in [-0.2, 0) is 6.42 Å². The molecule has 0 amide bonds. The molecule has 0 bridgehead atoms. The molecule has 1 heterocycles. The van der Waals surface area contributed by atoms with Gasteiger partial charge in [0.1, 0.15) is 0 Å². The highest BCUT2D eigenvalue weighted by Crippen LogP contribution is 2.43. The lowest BCUT2D eigenvalue weighted by Gasteiger charge is -2.07. The van der Waals surface area contributed by atoms with E-state index in [0.717, 1.165) is 12.1 Å². The summed E-state index contributed by atoms with van der Waals surface area (Å²) in [5.41, 5.74) is 7.88. The van der Waals surface area contributed by atoms with Crippen LogP contribution in [0, 0.1) is 0 Å². The van der Waals surface area contributed by atoms with Crippen molar-refractivity contribution in [1.29, 1.82) is 0 Å². The van der Waals surface area contributed by atoms with Gasteiger partial charge in [-0.25, -0.2) is 0 Å². The van der Waals surface area contributed by atoms with E-state index in [-0.39, 0.29) is 0 Å². The lowest BCUT2D eigenvalue weighted by Crippen LogP contribution is -1.90. The first-order valence-electron chi connectivity index (χ1n) is 7.96. The van der Waals surface area contributed by atoms with Gasteiger partial charge in [0.25, 0.3) is 0 Å². The van der Waals surface area contributed by atoms with Crippen LogP contribution in [0.2, 0.25) is 0 Å². The Morgan fingerprint density at radius 1 is 0.609 bits per heavy atom. The fourth-order valence-corrected chi connectivity index (χ4v) is 3.75. The lowest BCUT2D eigenvalue weighted by molar-refractivity contribution is 1.25. The minimum Gasteiger partial charge on any atom is -0.256 e. The molecular formula is C22H15N. The molecule has 0 saturated carbocycles. The summed E-state index contributed by atoms with van der Waals surface area (Å²) in [5.74, 6) is 0. The van der Waals surface area contributed by atoms with Crippen LogP contribution >= 0.6 is 0 Å². The van der Waals surface area contributed by atoms with Gasteiger partial charge in [0.05, 0.1) is 5.69 Å². The third kappa shape index (κ3) is 1.83. The molecule has 4 aromatic rings. The summed E-state index contributed by atoms with van der Waals surface area (Å²) >= 11 is 0. The minimum absolute atomic E-state index is 0.985. The quantitative estimate of drug-likeness (QED) is 0.399. The normalized spacial score (nSPS) is 12.2. The Kier molecular flexibility index (Phi) is 2.62. The molecule has 0 spiro atoms. The van der Waals surface area contributed by atoms with Crippen molar-refractivity contribution in [1.82, 2.24) is 4.98 Å². The number of pyridine rings is 1. The van der Waals surface area contributed by atoms with Crippen molar-refractivity contribution in [2.24, 2.45) is 0 Å². The van der Waals surface area contributed by atoms with Gasteiger partial charge in [-0.2, -0.15) is 0 Å². The number of benzene rings is 3. The highest BCUT2D eigenvalue weighted by molar-refractivity contribution is 5.96. The lowest BCUT2D eigenvalue weighted by atomic mass is 9.99. The molecule has 0 fully saturated rings. The van der Waals surface area contributed by atoms with E-state index in [0.29, 0.717) is 0 Å². The molecule has 108 valence electrons. The predicted octanol–water partition coefficient (Wildman–Crippen LogP) is 5.47. The Hall–Kier alpha value is -2.93. The maximum Gasteiger partial charge on any atom is 0.0705 e. The average molecular weight is 293 g/mol. The van der Waals surface area contributed by atoms with Crippen LogP contribution in [0.5, 0.6) is 0 Å². The van der Waals surface area contributed by atoms with Crippen molar-refractivity contribution in [3.05, 3.63) is 90.1 Å². The van der Waals surface area contributed by atoms with Gasteiger partial charge in [-0.1, -0.05) is 60.7 Å². The van der Waals surface area contributed by atoms with Gasteiger partial charge in [0.15, 0.2) is 0 Å². The Morgan fingerprint density at radius 3 is 2.35 bits per heavy atom. The zero-order chi connectivity index (χ0) is 15.2. The molecule has 1 nitrogen and oxygen atoms in total. The van der Waals surface area contributed by atoms with Crippen LogP contribution < -0.4 is 0 Å². The van der Waals surface area contributed by atoms with Gasteiger partial charge < -0.3 is 0 Å². The number of nitrogens with zero attached hydrogens (tertiary/aromatic N) is 1. The first kappa shape index (κ1) is 12.6. The van der Waals surface area contributed by atoms with E-state index < -0.39 is 0 Å². The molecular weight excluding hydrogens is 278 g/mol. The Bertz CT molecular complexity index is 1030. The van der Waals surface area contributed by atoms with Crippen LogP contribution in [-0.4, -0.2) is 4.98 Å². The third-order valence-corrected chi connectivity index (χ3v) is 4.80. The Balaban J connectivity index is 1.78. The maximum atomic E-state index is 4.55. The molecule has 1 aliphatic rings. The standard InChI is InChI=1S/C22H15N/c1-2-7-16-15(6-1)11-12-18-17-8-5-9-19(21(17)14-20(16)18)22-10-3-4-13-23-22/h1-13H,14H2. The van der Waals surface area contributed by atoms with Crippen LogP contribution in [0.1, 0.15) is 11.1 Å². The summed E-state index contributed by atoms with van der Waals surface area (Å²) in [7, 11) is 0. The maximum absolute atomic E-state index is 4.55. The highest BCUT2D eigenvalue weighted by atomic mass is 14.7. The SMILES string of the molecule is c1ccc(-c2cccc3c2Cc2c-3ccc3ccccc23)nc1. The van der Waals surface area contributed by atoms with E-state index in [4.69, 9.17) is 0 Å². The molecule has 5 rings (SSSR count). The summed E-state index contributed by atoms with van der Waals surface area (Å²) in [4.78, 5) is 4.55. The topological polar surface area (TPSA) is 12.9 Å². The molecule has 1 aromatic heterocycles. The molecule has 0 saturated heterocycles. The Labute approximate surface area is 135 Å². The van der Waals surface area contributed by atoms with Crippen LogP contribution in [0.25, 0.3) is 33.2 Å². The highest BCUT2D eigenvalue weighted by Gasteiger charge is 2.23.